The average Bonchev–Trinajstić information content (AvgIpc) is 2.18. The van der Waals surface area contributed by atoms with Crippen LogP contribution in [0.25, 0.3) is 0 Å². The number of benzene rings is 1. The third-order valence-electron chi connectivity index (χ3n) is 1.97. The monoisotopic (exact) mass is 265 g/mol. The van der Waals surface area contributed by atoms with E-state index in [1.807, 2.05) is 0 Å². The Labute approximate surface area is 99.8 Å². The fourth-order valence-corrected chi connectivity index (χ4v) is 1.73. The Hall–Kier alpha value is -1.21. The van der Waals surface area contributed by atoms with E-state index in [9.17, 15) is 23.1 Å². The van der Waals surface area contributed by atoms with E-state index < -0.39 is 17.5 Å². The molecular weight excluding hydrogens is 255 g/mol. The lowest BCUT2D eigenvalue weighted by atomic mass is 10.1. The second-order valence-corrected chi connectivity index (χ2v) is 4.55. The maximum Gasteiger partial charge on any atom is 0.446 e. The lowest BCUT2D eigenvalue weighted by Crippen LogP contribution is -2.69. The number of carbonyl (C=O) groups excluding carboxylic acids is 1. The fourth-order valence-electron chi connectivity index (χ4n) is 1.20. The van der Waals surface area contributed by atoms with Gasteiger partial charge >= 0.3 is 5.51 Å². The van der Waals surface area contributed by atoms with Crippen molar-refractivity contribution in [1.29, 1.82) is 0 Å². The summed E-state index contributed by atoms with van der Waals surface area (Å²) in [5, 5.41) is 10.4. The summed E-state index contributed by atoms with van der Waals surface area (Å²) in [7, 11) is 0. The first-order valence-corrected chi connectivity index (χ1v) is 5.48. The first-order valence-electron chi connectivity index (χ1n) is 4.66. The minimum atomic E-state index is -4.32. The first kappa shape index (κ1) is 13.9. The van der Waals surface area contributed by atoms with Crippen molar-refractivity contribution < 1.29 is 28.8 Å². The van der Waals surface area contributed by atoms with Gasteiger partial charge in [-0.05, 0) is 29.5 Å². The van der Waals surface area contributed by atoms with Gasteiger partial charge < -0.3 is 15.6 Å². The van der Waals surface area contributed by atoms with Gasteiger partial charge in [0, 0.05) is 11.3 Å². The van der Waals surface area contributed by atoms with Gasteiger partial charge in [0.25, 0.3) is 0 Å². The number of rotatable bonds is 4. The molecule has 0 saturated carbocycles. The molecule has 3 nitrogen and oxygen atoms in total. The standard InChI is InChI=1S/C10H10F3NO2S/c11-10(12,13)17-7-3-1-6(2-4-7)5-8(14)9(15)16/h1-4,8H,5,14H2,(H,15,16)/t8-/m1/s1. The highest BCUT2D eigenvalue weighted by molar-refractivity contribution is 8.00. The van der Waals surface area contributed by atoms with Gasteiger partial charge in [-0.2, -0.15) is 13.2 Å². The summed E-state index contributed by atoms with van der Waals surface area (Å²) in [6.45, 7) is 0. The number of thioether (sulfide) groups is 1. The second kappa shape index (κ2) is 5.42. The van der Waals surface area contributed by atoms with Gasteiger partial charge in [0.15, 0.2) is 0 Å². The molecule has 3 N–H and O–H groups in total. The van der Waals surface area contributed by atoms with E-state index >= 15 is 0 Å². The van der Waals surface area contributed by atoms with Crippen molar-refractivity contribution in [1.82, 2.24) is 0 Å². The molecule has 0 heterocycles. The van der Waals surface area contributed by atoms with Crippen molar-refractivity contribution in [3.8, 4) is 0 Å². The van der Waals surface area contributed by atoms with E-state index in [1.165, 1.54) is 24.3 Å². The predicted octanol–water partition coefficient (Wildman–Crippen LogP) is 0.201. The SMILES string of the molecule is [NH3+][C@H](Cc1ccc(SC(F)(F)F)cc1)C(=O)[O-]. The van der Waals surface area contributed by atoms with Crippen LogP contribution in [-0.2, 0) is 11.2 Å². The molecule has 0 spiro atoms. The number of hydrogen-bond donors (Lipinski definition) is 1. The van der Waals surface area contributed by atoms with Gasteiger partial charge in [-0.1, -0.05) is 12.1 Å². The zero-order valence-electron chi connectivity index (χ0n) is 8.66. The minimum absolute atomic E-state index is 0.0651. The number of alkyl halides is 3. The molecule has 0 aliphatic carbocycles. The molecule has 0 radical (unpaired) electrons. The van der Waals surface area contributed by atoms with Gasteiger partial charge in [0.1, 0.15) is 6.04 Å². The summed E-state index contributed by atoms with van der Waals surface area (Å²) >= 11 is -0.210. The zero-order chi connectivity index (χ0) is 13.1. The Kier molecular flexibility index (Phi) is 4.41. The van der Waals surface area contributed by atoms with E-state index in [0.29, 0.717) is 5.56 Å². The minimum Gasteiger partial charge on any atom is -0.544 e. The second-order valence-electron chi connectivity index (χ2n) is 3.41. The Balaban J connectivity index is 2.65. The van der Waals surface area contributed by atoms with Gasteiger partial charge in [-0.15, -0.1) is 0 Å². The zero-order valence-corrected chi connectivity index (χ0v) is 9.48. The van der Waals surface area contributed by atoms with Crippen molar-refractivity contribution in [3.05, 3.63) is 29.8 Å². The molecule has 0 unspecified atom stereocenters. The Morgan fingerprint density at radius 1 is 1.35 bits per heavy atom. The fraction of sp³-hybridized carbons (Fsp3) is 0.300. The summed E-state index contributed by atoms with van der Waals surface area (Å²) in [6.07, 6.45) is 0.138. The van der Waals surface area contributed by atoms with E-state index in [2.05, 4.69) is 5.73 Å². The predicted molar refractivity (Wildman–Crippen MR) is 53.7 cm³/mol. The summed E-state index contributed by atoms with van der Waals surface area (Å²) in [5.41, 5.74) is -0.339. The number of carboxylic acid groups (broad SMARTS) is 1. The van der Waals surface area contributed by atoms with Gasteiger partial charge in [-0.25, -0.2) is 0 Å². The highest BCUT2D eigenvalue weighted by atomic mass is 32.2. The lowest BCUT2D eigenvalue weighted by Gasteiger charge is -2.10. The number of carbonyl (C=O) groups is 1. The number of halogens is 3. The number of aliphatic carboxylic acids is 1. The maximum atomic E-state index is 12.0. The lowest BCUT2D eigenvalue weighted by molar-refractivity contribution is -0.437. The van der Waals surface area contributed by atoms with Crippen LogP contribution in [0.2, 0.25) is 0 Å². The summed E-state index contributed by atoms with van der Waals surface area (Å²) in [4.78, 5) is 10.5. The van der Waals surface area contributed by atoms with Gasteiger partial charge in [0.05, 0.1) is 5.97 Å². The van der Waals surface area contributed by atoms with Crippen LogP contribution in [0.4, 0.5) is 13.2 Å². The van der Waals surface area contributed by atoms with Crippen LogP contribution in [0.15, 0.2) is 29.2 Å². The third-order valence-corrected chi connectivity index (χ3v) is 2.71. The number of quaternary nitrogens is 1. The molecule has 1 rings (SSSR count). The summed E-state index contributed by atoms with van der Waals surface area (Å²) in [6, 6.07) is 4.60. The molecule has 17 heavy (non-hydrogen) atoms. The largest absolute Gasteiger partial charge is 0.544 e. The normalized spacial score (nSPS) is 13.4. The van der Waals surface area contributed by atoms with E-state index in [1.54, 1.807) is 0 Å². The smallest absolute Gasteiger partial charge is 0.446 e. The van der Waals surface area contributed by atoms with Crippen molar-refractivity contribution >= 4 is 17.7 Å². The molecule has 0 amide bonds. The summed E-state index contributed by atoms with van der Waals surface area (Å²) in [5.74, 6) is -1.28. The van der Waals surface area contributed by atoms with Crippen molar-refractivity contribution in [2.75, 3.05) is 0 Å². The van der Waals surface area contributed by atoms with Crippen molar-refractivity contribution in [3.63, 3.8) is 0 Å². The van der Waals surface area contributed by atoms with Crippen molar-refractivity contribution in [2.45, 2.75) is 22.9 Å². The van der Waals surface area contributed by atoms with Crippen LogP contribution in [0.5, 0.6) is 0 Å². The van der Waals surface area contributed by atoms with Crippen molar-refractivity contribution in [2.24, 2.45) is 0 Å². The van der Waals surface area contributed by atoms with Crippen LogP contribution in [0, 0.1) is 0 Å². The first-order chi connectivity index (χ1) is 7.78. The van der Waals surface area contributed by atoms with E-state index in [4.69, 9.17) is 0 Å². The van der Waals surface area contributed by atoms with Crippen LogP contribution in [0.1, 0.15) is 5.56 Å². The van der Waals surface area contributed by atoms with E-state index in [0.717, 1.165) is 0 Å². The molecule has 7 heteroatoms. The summed E-state index contributed by atoms with van der Waals surface area (Å²) < 4.78 is 36.1. The topological polar surface area (TPSA) is 67.8 Å². The quantitative estimate of drug-likeness (QED) is 0.791. The van der Waals surface area contributed by atoms with Gasteiger partial charge in [0.2, 0.25) is 0 Å². The number of hydrogen-bond acceptors (Lipinski definition) is 3. The Morgan fingerprint density at radius 3 is 2.29 bits per heavy atom. The highest BCUT2D eigenvalue weighted by Crippen LogP contribution is 2.36. The van der Waals surface area contributed by atoms with E-state index in [-0.39, 0.29) is 23.1 Å². The molecule has 1 atom stereocenters. The number of carboxylic acids is 1. The van der Waals surface area contributed by atoms with Gasteiger partial charge in [-0.3, -0.25) is 0 Å². The molecule has 0 aliphatic rings. The molecule has 0 bridgehead atoms. The molecule has 0 fully saturated rings. The molecular formula is C10H10F3NO2S. The molecule has 0 aliphatic heterocycles. The Morgan fingerprint density at radius 2 is 1.88 bits per heavy atom. The van der Waals surface area contributed by atoms with Crippen LogP contribution in [-0.4, -0.2) is 17.5 Å². The highest BCUT2D eigenvalue weighted by Gasteiger charge is 2.29. The Bertz CT molecular complexity index is 392. The molecule has 0 aromatic heterocycles. The molecule has 94 valence electrons. The maximum absolute atomic E-state index is 12.0. The molecule has 0 saturated heterocycles. The molecule has 1 aromatic rings. The van der Waals surface area contributed by atoms with Crippen LogP contribution >= 0.6 is 11.8 Å². The average molecular weight is 265 g/mol. The van der Waals surface area contributed by atoms with Crippen LogP contribution < -0.4 is 10.8 Å². The third kappa shape index (κ3) is 5.10. The molecule has 1 aromatic carbocycles. The van der Waals surface area contributed by atoms with Crippen LogP contribution in [0.3, 0.4) is 0 Å².